The van der Waals surface area contributed by atoms with Crippen molar-refractivity contribution < 1.29 is 14.3 Å². The van der Waals surface area contributed by atoms with Crippen molar-refractivity contribution in [3.8, 4) is 0 Å². The van der Waals surface area contributed by atoms with Crippen molar-refractivity contribution in [2.75, 3.05) is 7.11 Å². The van der Waals surface area contributed by atoms with E-state index in [1.165, 1.54) is 12.7 Å². The van der Waals surface area contributed by atoms with Crippen LogP contribution >= 0.6 is 11.8 Å². The van der Waals surface area contributed by atoms with Crippen LogP contribution in [0.15, 0.2) is 58.3 Å². The van der Waals surface area contributed by atoms with Gasteiger partial charge in [0.15, 0.2) is 0 Å². The summed E-state index contributed by atoms with van der Waals surface area (Å²) >= 11 is 1.57. The molecule has 0 amide bonds. The van der Waals surface area contributed by atoms with Crippen LogP contribution in [0.5, 0.6) is 0 Å². The van der Waals surface area contributed by atoms with E-state index >= 15 is 0 Å². The van der Waals surface area contributed by atoms with Gasteiger partial charge in [0.2, 0.25) is 0 Å². The maximum Gasteiger partial charge on any atom is 0.422 e. The van der Waals surface area contributed by atoms with Crippen molar-refractivity contribution in [2.45, 2.75) is 16.7 Å². The molecule has 0 fully saturated rings. The first-order chi connectivity index (χ1) is 10.1. The number of ether oxygens (including phenoxy) is 1. The molecule has 0 radical (unpaired) electrons. The zero-order valence-corrected chi connectivity index (χ0v) is 12.6. The van der Waals surface area contributed by atoms with Crippen LogP contribution in [0, 0.1) is 6.92 Å². The maximum atomic E-state index is 11.5. The molecular weight excluding hydrogens is 284 g/mol. The predicted molar refractivity (Wildman–Crippen MR) is 81.5 cm³/mol. The Bertz CT molecular complexity index is 704. The zero-order chi connectivity index (χ0) is 15.2. The largest absolute Gasteiger partial charge is 0.460 e. The maximum absolute atomic E-state index is 11.5. The molecule has 0 aromatic heterocycles. The Morgan fingerprint density at radius 3 is 2.48 bits per heavy atom. The number of aryl methyl sites for hydroxylation is 1. The van der Waals surface area contributed by atoms with Gasteiger partial charge < -0.3 is 10.3 Å². The summed E-state index contributed by atoms with van der Waals surface area (Å²) < 4.78 is 4.59. The minimum Gasteiger partial charge on any atom is -0.460 e. The molecule has 21 heavy (non-hydrogen) atoms. The lowest BCUT2D eigenvalue weighted by Crippen LogP contribution is -2.18. The second kappa shape index (κ2) is 6.88. The zero-order valence-electron chi connectivity index (χ0n) is 11.7. The van der Waals surface area contributed by atoms with Crippen molar-refractivity contribution in [1.29, 1.82) is 0 Å². The molecule has 0 unspecified atom stereocenters. The van der Waals surface area contributed by atoms with Crippen LogP contribution < -0.4 is 0 Å². The highest BCUT2D eigenvalue weighted by Crippen LogP contribution is 2.28. The fraction of sp³-hybridized carbons (Fsp3) is 0.125. The van der Waals surface area contributed by atoms with Gasteiger partial charge in [0.1, 0.15) is 0 Å². The monoisotopic (exact) mass is 298 g/mol. The van der Waals surface area contributed by atoms with E-state index < -0.39 is 5.97 Å². The topological polar surface area (TPSA) is 62.7 Å². The summed E-state index contributed by atoms with van der Waals surface area (Å²) in [7, 11) is 1.25. The van der Waals surface area contributed by atoms with Crippen molar-refractivity contribution in [3.05, 3.63) is 65.2 Å². The number of carbonyl (C=O) groups is 1. The van der Waals surface area contributed by atoms with Gasteiger partial charge in [0, 0.05) is 9.79 Å². The van der Waals surface area contributed by atoms with E-state index in [1.807, 2.05) is 37.3 Å². The van der Waals surface area contributed by atoms with E-state index in [1.54, 1.807) is 30.0 Å². The number of hydrogen-bond acceptors (Lipinski definition) is 3. The van der Waals surface area contributed by atoms with Crippen LogP contribution in [0.25, 0.3) is 5.53 Å². The first-order valence-electron chi connectivity index (χ1n) is 6.29. The smallest absolute Gasteiger partial charge is 0.422 e. The Balaban J connectivity index is 2.27. The van der Waals surface area contributed by atoms with Crippen LogP contribution in [-0.4, -0.2) is 23.6 Å². The standard InChI is InChI=1S/C16H14N2O2S/c1-11-6-8-13(9-7-11)21-14-5-3-4-12(10-14)15(18-17)16(19)20-2/h3-10H,1-2H3. The molecule has 2 rings (SSSR count). The summed E-state index contributed by atoms with van der Waals surface area (Å²) in [5.74, 6) is -0.671. The van der Waals surface area contributed by atoms with Gasteiger partial charge in [-0.2, -0.15) is 4.79 Å². The second-order valence-electron chi connectivity index (χ2n) is 4.38. The third-order valence-electron chi connectivity index (χ3n) is 2.84. The van der Waals surface area contributed by atoms with Crippen LogP contribution in [-0.2, 0) is 9.53 Å². The highest BCUT2D eigenvalue weighted by molar-refractivity contribution is 7.99. The summed E-state index contributed by atoms with van der Waals surface area (Å²) in [5, 5.41) is 0. The summed E-state index contributed by atoms with van der Waals surface area (Å²) in [6, 6.07) is 15.4. The number of hydrogen-bond donors (Lipinski definition) is 0. The highest BCUT2D eigenvalue weighted by Gasteiger charge is 2.23. The molecule has 0 saturated carbocycles. The van der Waals surface area contributed by atoms with Crippen molar-refractivity contribution in [1.82, 2.24) is 0 Å². The summed E-state index contributed by atoms with van der Waals surface area (Å²) in [4.78, 5) is 16.6. The Labute approximate surface area is 127 Å². The van der Waals surface area contributed by atoms with Crippen LogP contribution in [0.1, 0.15) is 11.1 Å². The van der Waals surface area contributed by atoms with E-state index in [2.05, 4.69) is 9.53 Å². The average molecular weight is 298 g/mol. The molecule has 2 aromatic carbocycles. The van der Waals surface area contributed by atoms with Gasteiger partial charge in [-0.1, -0.05) is 35.5 Å². The minimum atomic E-state index is -0.671. The number of nitrogens with zero attached hydrogens (tertiary/aromatic N) is 2. The van der Waals surface area contributed by atoms with Crippen LogP contribution in [0.4, 0.5) is 0 Å². The Hall–Kier alpha value is -2.36. The number of rotatable bonds is 4. The van der Waals surface area contributed by atoms with Crippen molar-refractivity contribution in [2.24, 2.45) is 0 Å². The third kappa shape index (κ3) is 3.81. The Kier molecular flexibility index (Phi) is 4.93. The van der Waals surface area contributed by atoms with Crippen LogP contribution in [0.3, 0.4) is 0 Å². The summed E-state index contributed by atoms with van der Waals surface area (Å²) in [6.07, 6.45) is 0. The molecule has 2 aromatic rings. The lowest BCUT2D eigenvalue weighted by molar-refractivity contribution is -0.137. The fourth-order valence-electron chi connectivity index (χ4n) is 1.76. The first kappa shape index (κ1) is 15.0. The van der Waals surface area contributed by atoms with Gasteiger partial charge in [-0.15, -0.1) is 0 Å². The number of benzene rings is 2. The normalized spacial score (nSPS) is 9.81. The third-order valence-corrected chi connectivity index (χ3v) is 3.84. The van der Waals surface area contributed by atoms with E-state index in [9.17, 15) is 4.79 Å². The summed E-state index contributed by atoms with van der Waals surface area (Å²) in [6.45, 7) is 2.04. The molecule has 4 nitrogen and oxygen atoms in total. The molecule has 0 atom stereocenters. The van der Waals surface area contributed by atoms with Crippen molar-refractivity contribution in [3.63, 3.8) is 0 Å². The minimum absolute atomic E-state index is 0.108. The first-order valence-corrected chi connectivity index (χ1v) is 7.11. The predicted octanol–water partition coefficient (Wildman–Crippen LogP) is 3.34. The van der Waals surface area contributed by atoms with E-state index in [0.717, 1.165) is 9.79 Å². The van der Waals surface area contributed by atoms with Crippen LogP contribution in [0.2, 0.25) is 0 Å². The van der Waals surface area contributed by atoms with E-state index in [-0.39, 0.29) is 5.71 Å². The van der Waals surface area contributed by atoms with Crippen molar-refractivity contribution >= 4 is 23.4 Å². The van der Waals surface area contributed by atoms with Gasteiger partial charge in [-0.3, -0.25) is 0 Å². The molecule has 5 heteroatoms. The number of carbonyl (C=O) groups excluding carboxylic acids is 1. The average Bonchev–Trinajstić information content (AvgIpc) is 2.50. The lowest BCUT2D eigenvalue weighted by atomic mass is 10.1. The van der Waals surface area contributed by atoms with E-state index in [0.29, 0.717) is 5.56 Å². The molecule has 0 heterocycles. The molecule has 0 bridgehead atoms. The van der Waals surface area contributed by atoms with Gasteiger partial charge in [-0.25, -0.2) is 4.79 Å². The van der Waals surface area contributed by atoms with Gasteiger partial charge in [0.05, 0.1) is 12.7 Å². The summed E-state index contributed by atoms with van der Waals surface area (Å²) in [5.41, 5.74) is 10.6. The Morgan fingerprint density at radius 2 is 1.86 bits per heavy atom. The molecule has 0 aliphatic rings. The number of esters is 1. The van der Waals surface area contributed by atoms with Gasteiger partial charge >= 0.3 is 11.7 Å². The van der Waals surface area contributed by atoms with Gasteiger partial charge in [-0.05, 0) is 37.3 Å². The molecule has 0 spiro atoms. The lowest BCUT2D eigenvalue weighted by Gasteiger charge is -2.03. The quantitative estimate of drug-likeness (QED) is 0.376. The fourth-order valence-corrected chi connectivity index (χ4v) is 2.64. The molecule has 0 N–H and O–H groups in total. The second-order valence-corrected chi connectivity index (χ2v) is 5.53. The molecule has 0 aliphatic carbocycles. The molecule has 0 aliphatic heterocycles. The number of methoxy groups -OCH3 is 1. The van der Waals surface area contributed by atoms with E-state index in [4.69, 9.17) is 5.53 Å². The molecule has 106 valence electrons. The molecular formula is C16H14N2O2S. The highest BCUT2D eigenvalue weighted by atomic mass is 32.2. The van der Waals surface area contributed by atoms with Gasteiger partial charge in [0.25, 0.3) is 0 Å². The Morgan fingerprint density at radius 1 is 1.14 bits per heavy atom. The SMILES string of the molecule is COC(=O)C(=[N+]=[N-])c1cccc(Sc2ccc(C)cc2)c1. The molecule has 0 saturated heterocycles.